The van der Waals surface area contributed by atoms with Crippen LogP contribution in [0.4, 0.5) is 0 Å². The first-order valence-electron chi connectivity index (χ1n) is 6.02. The van der Waals surface area contributed by atoms with Crippen LogP contribution < -0.4 is 10.6 Å². The van der Waals surface area contributed by atoms with Crippen LogP contribution in [-0.2, 0) is 14.3 Å². The summed E-state index contributed by atoms with van der Waals surface area (Å²) in [4.78, 5) is 23.3. The van der Waals surface area contributed by atoms with Crippen molar-refractivity contribution in [2.45, 2.75) is 33.7 Å². The van der Waals surface area contributed by atoms with E-state index in [2.05, 4.69) is 15.4 Å². The van der Waals surface area contributed by atoms with Gasteiger partial charge in [-0.2, -0.15) is 0 Å². The van der Waals surface area contributed by atoms with E-state index in [0.29, 0.717) is 6.54 Å². The van der Waals surface area contributed by atoms with Gasteiger partial charge in [-0.3, -0.25) is 4.79 Å². The van der Waals surface area contributed by atoms with Crippen molar-refractivity contribution in [3.05, 3.63) is 0 Å². The van der Waals surface area contributed by atoms with Crippen LogP contribution in [0.15, 0.2) is 0 Å². The van der Waals surface area contributed by atoms with Crippen molar-refractivity contribution < 1.29 is 14.3 Å². The van der Waals surface area contributed by atoms with Crippen molar-refractivity contribution >= 4 is 11.9 Å². The van der Waals surface area contributed by atoms with Crippen molar-refractivity contribution in [1.82, 2.24) is 10.6 Å². The Hall–Kier alpha value is -1.10. The number of hydrogen-bond acceptors (Lipinski definition) is 4. The molecule has 0 aromatic carbocycles. The van der Waals surface area contributed by atoms with Crippen LogP contribution >= 0.6 is 0 Å². The minimum Gasteiger partial charge on any atom is -0.467 e. The lowest BCUT2D eigenvalue weighted by Crippen LogP contribution is -2.48. The van der Waals surface area contributed by atoms with Gasteiger partial charge in [-0.05, 0) is 12.5 Å². The van der Waals surface area contributed by atoms with Crippen LogP contribution in [0.5, 0.6) is 0 Å². The molecular weight excluding hydrogens is 220 g/mol. The van der Waals surface area contributed by atoms with Crippen molar-refractivity contribution in [1.29, 1.82) is 0 Å². The molecule has 0 heterocycles. The maximum atomic E-state index is 11.8. The van der Waals surface area contributed by atoms with Gasteiger partial charge in [-0.25, -0.2) is 4.79 Å². The number of esters is 1. The van der Waals surface area contributed by atoms with Gasteiger partial charge >= 0.3 is 5.97 Å². The Morgan fingerprint density at radius 2 is 1.82 bits per heavy atom. The topological polar surface area (TPSA) is 67.4 Å². The van der Waals surface area contributed by atoms with E-state index in [0.717, 1.165) is 6.54 Å². The summed E-state index contributed by atoms with van der Waals surface area (Å²) in [5.74, 6) is -0.683. The first-order chi connectivity index (χ1) is 7.93. The van der Waals surface area contributed by atoms with Gasteiger partial charge in [0.25, 0.3) is 0 Å². The van der Waals surface area contributed by atoms with Crippen LogP contribution in [0.1, 0.15) is 27.7 Å². The molecule has 0 radical (unpaired) electrons. The monoisotopic (exact) mass is 244 g/mol. The molecule has 0 fully saturated rings. The maximum absolute atomic E-state index is 11.8. The second kappa shape index (κ2) is 8.06. The van der Waals surface area contributed by atoms with Gasteiger partial charge in [0, 0.05) is 12.5 Å². The van der Waals surface area contributed by atoms with Gasteiger partial charge < -0.3 is 15.4 Å². The molecule has 0 bridgehead atoms. The number of methoxy groups -OCH3 is 1. The Morgan fingerprint density at radius 3 is 2.24 bits per heavy atom. The Kier molecular flexibility index (Phi) is 7.54. The normalized spacial score (nSPS) is 14.2. The molecular formula is C12H24N2O3. The zero-order valence-electron chi connectivity index (χ0n) is 11.4. The third kappa shape index (κ3) is 5.68. The molecule has 0 rings (SSSR count). The molecule has 2 atom stereocenters. The molecule has 1 amide bonds. The van der Waals surface area contributed by atoms with E-state index in [1.165, 1.54) is 7.11 Å². The average Bonchev–Trinajstić information content (AvgIpc) is 2.31. The third-order valence-corrected chi connectivity index (χ3v) is 2.57. The van der Waals surface area contributed by atoms with E-state index in [1.54, 1.807) is 0 Å². The van der Waals surface area contributed by atoms with E-state index < -0.39 is 12.0 Å². The molecule has 0 aliphatic carbocycles. The molecule has 1 unspecified atom stereocenters. The summed E-state index contributed by atoms with van der Waals surface area (Å²) in [6.07, 6.45) is 0. The molecule has 0 aromatic heterocycles. The quantitative estimate of drug-likeness (QED) is 0.642. The van der Waals surface area contributed by atoms with Gasteiger partial charge in [0.15, 0.2) is 0 Å². The molecule has 0 spiro atoms. The summed E-state index contributed by atoms with van der Waals surface area (Å²) in [6, 6.07) is -0.573. The van der Waals surface area contributed by atoms with Crippen LogP contribution in [0.25, 0.3) is 0 Å². The Bertz CT molecular complexity index is 254. The molecule has 100 valence electrons. The predicted molar refractivity (Wildman–Crippen MR) is 66.5 cm³/mol. The number of hydrogen-bond donors (Lipinski definition) is 2. The van der Waals surface area contributed by atoms with E-state index in [-0.39, 0.29) is 17.7 Å². The van der Waals surface area contributed by atoms with Crippen molar-refractivity contribution in [3.63, 3.8) is 0 Å². The largest absolute Gasteiger partial charge is 0.467 e. The molecule has 0 saturated carbocycles. The Labute approximate surface area is 103 Å². The standard InChI is InChI=1S/C12H24N2O3/c1-6-13-7-9(4)11(15)14-10(8(2)3)12(16)17-5/h8-10,13H,6-7H2,1-5H3,(H,14,15)/t9?,10-/m0/s1. The van der Waals surface area contributed by atoms with Gasteiger partial charge in [0.2, 0.25) is 5.91 Å². The minimum atomic E-state index is -0.573. The SMILES string of the molecule is CCNCC(C)C(=O)N[C@H](C(=O)OC)C(C)C. The Balaban J connectivity index is 4.35. The van der Waals surface area contributed by atoms with Crippen LogP contribution in [-0.4, -0.2) is 38.1 Å². The summed E-state index contributed by atoms with van der Waals surface area (Å²) in [7, 11) is 1.33. The smallest absolute Gasteiger partial charge is 0.328 e. The van der Waals surface area contributed by atoms with Crippen LogP contribution in [0.2, 0.25) is 0 Å². The zero-order valence-corrected chi connectivity index (χ0v) is 11.4. The van der Waals surface area contributed by atoms with E-state index in [1.807, 2.05) is 27.7 Å². The second-order valence-electron chi connectivity index (χ2n) is 4.46. The summed E-state index contributed by atoms with van der Waals surface area (Å²) >= 11 is 0. The summed E-state index contributed by atoms with van der Waals surface area (Å²) < 4.78 is 4.67. The molecule has 0 aliphatic heterocycles. The number of rotatable bonds is 7. The summed E-state index contributed by atoms with van der Waals surface area (Å²) in [6.45, 7) is 8.98. The number of nitrogens with one attached hydrogen (secondary N) is 2. The predicted octanol–water partition coefficient (Wildman–Crippen LogP) is 0.546. The van der Waals surface area contributed by atoms with Crippen LogP contribution in [0, 0.1) is 11.8 Å². The number of carbonyl (C=O) groups excluding carboxylic acids is 2. The van der Waals surface area contributed by atoms with E-state index in [4.69, 9.17) is 0 Å². The highest BCUT2D eigenvalue weighted by molar-refractivity contribution is 5.85. The van der Waals surface area contributed by atoms with E-state index in [9.17, 15) is 9.59 Å². The molecule has 0 saturated heterocycles. The number of ether oxygens (including phenoxy) is 1. The van der Waals surface area contributed by atoms with Gasteiger partial charge in [-0.15, -0.1) is 0 Å². The lowest BCUT2D eigenvalue weighted by Gasteiger charge is -2.22. The molecule has 17 heavy (non-hydrogen) atoms. The van der Waals surface area contributed by atoms with Gasteiger partial charge in [0.1, 0.15) is 6.04 Å². The lowest BCUT2D eigenvalue weighted by atomic mass is 10.0. The fourth-order valence-electron chi connectivity index (χ4n) is 1.37. The highest BCUT2D eigenvalue weighted by atomic mass is 16.5. The fraction of sp³-hybridized carbons (Fsp3) is 0.833. The summed E-state index contributed by atoms with van der Waals surface area (Å²) in [5.41, 5.74) is 0. The first-order valence-corrected chi connectivity index (χ1v) is 6.02. The Morgan fingerprint density at radius 1 is 1.24 bits per heavy atom. The molecule has 5 heteroatoms. The molecule has 2 N–H and O–H groups in total. The van der Waals surface area contributed by atoms with Crippen molar-refractivity contribution in [3.8, 4) is 0 Å². The summed E-state index contributed by atoms with van der Waals surface area (Å²) in [5, 5.41) is 5.82. The molecule has 0 aromatic rings. The van der Waals surface area contributed by atoms with Crippen LogP contribution in [0.3, 0.4) is 0 Å². The van der Waals surface area contributed by atoms with Gasteiger partial charge in [0.05, 0.1) is 7.11 Å². The number of amides is 1. The maximum Gasteiger partial charge on any atom is 0.328 e. The highest BCUT2D eigenvalue weighted by Gasteiger charge is 2.26. The van der Waals surface area contributed by atoms with Gasteiger partial charge in [-0.1, -0.05) is 27.7 Å². The first kappa shape index (κ1) is 15.9. The van der Waals surface area contributed by atoms with E-state index >= 15 is 0 Å². The minimum absolute atomic E-state index is 0.0118. The van der Waals surface area contributed by atoms with Crippen molar-refractivity contribution in [2.24, 2.45) is 11.8 Å². The molecule has 5 nitrogen and oxygen atoms in total. The fourth-order valence-corrected chi connectivity index (χ4v) is 1.37. The van der Waals surface area contributed by atoms with Crippen molar-refractivity contribution in [2.75, 3.05) is 20.2 Å². The third-order valence-electron chi connectivity index (χ3n) is 2.57. The lowest BCUT2D eigenvalue weighted by molar-refractivity contribution is -0.146. The highest BCUT2D eigenvalue weighted by Crippen LogP contribution is 2.05. The average molecular weight is 244 g/mol. The number of carbonyl (C=O) groups is 2. The molecule has 0 aliphatic rings. The zero-order chi connectivity index (χ0) is 13.4. The second-order valence-corrected chi connectivity index (χ2v) is 4.46.